The number of aromatic amines is 1. The molecular formula is C30H41N7O2. The first-order valence-corrected chi connectivity index (χ1v) is 12.7. The summed E-state index contributed by atoms with van der Waals surface area (Å²) in [5.74, 6) is 0.703. The quantitative estimate of drug-likeness (QED) is 0.171. The second-order valence-electron chi connectivity index (χ2n) is 8.48. The number of rotatable bonds is 7. The molecule has 0 aliphatic carbocycles. The van der Waals surface area contributed by atoms with Crippen LogP contribution < -0.4 is 11.1 Å². The Balaban J connectivity index is 0.000000454. The van der Waals surface area contributed by atoms with E-state index in [0.29, 0.717) is 29.3 Å². The number of anilines is 1. The first-order valence-electron chi connectivity index (χ1n) is 12.7. The molecule has 0 spiro atoms. The van der Waals surface area contributed by atoms with E-state index in [1.807, 2.05) is 41.3 Å². The van der Waals surface area contributed by atoms with E-state index in [1.165, 1.54) is 25.0 Å². The molecule has 3 heterocycles. The summed E-state index contributed by atoms with van der Waals surface area (Å²) in [6.07, 6.45) is 11.2. The maximum Gasteiger partial charge on any atom is 0.245 e. The summed E-state index contributed by atoms with van der Waals surface area (Å²) < 4.78 is 0. The van der Waals surface area contributed by atoms with Gasteiger partial charge in [0.15, 0.2) is 5.82 Å². The number of imidazole rings is 1. The van der Waals surface area contributed by atoms with Crippen LogP contribution in [0, 0.1) is 5.41 Å². The van der Waals surface area contributed by atoms with Crippen molar-refractivity contribution >= 4 is 29.9 Å². The molecule has 0 saturated carbocycles. The Morgan fingerprint density at radius 2 is 1.82 bits per heavy atom. The second kappa shape index (κ2) is 17.8. The van der Waals surface area contributed by atoms with E-state index in [-0.39, 0.29) is 13.3 Å². The van der Waals surface area contributed by atoms with Crippen LogP contribution in [0.4, 0.5) is 5.69 Å². The monoisotopic (exact) mass is 531 g/mol. The number of H-pyrrole nitrogens is 1. The van der Waals surface area contributed by atoms with Gasteiger partial charge in [-0.05, 0) is 61.2 Å². The van der Waals surface area contributed by atoms with Crippen LogP contribution in [0.15, 0.2) is 67.4 Å². The normalized spacial score (nSPS) is 12.4. The van der Waals surface area contributed by atoms with Gasteiger partial charge in [0.25, 0.3) is 0 Å². The molecular weight excluding hydrogens is 490 g/mol. The number of carbonyl (C=O) groups excluding carboxylic acids is 2. The summed E-state index contributed by atoms with van der Waals surface area (Å²) in [6, 6.07) is 12.8. The van der Waals surface area contributed by atoms with Crippen molar-refractivity contribution in [3.63, 3.8) is 0 Å². The molecule has 5 N–H and O–H groups in total. The lowest BCUT2D eigenvalue weighted by Crippen LogP contribution is -2.34. The Labute approximate surface area is 231 Å². The van der Waals surface area contributed by atoms with E-state index in [9.17, 15) is 9.59 Å². The van der Waals surface area contributed by atoms with E-state index >= 15 is 0 Å². The maximum atomic E-state index is 11.0. The van der Waals surface area contributed by atoms with Crippen LogP contribution in [0.2, 0.25) is 0 Å². The Kier molecular flexibility index (Phi) is 14.9. The molecule has 0 atom stereocenters. The van der Waals surface area contributed by atoms with Crippen molar-refractivity contribution < 1.29 is 9.59 Å². The third-order valence-corrected chi connectivity index (χ3v) is 5.39. The topological polar surface area (TPSA) is 141 Å². The number of likely N-dealkylation sites (tertiary alicyclic amines) is 1. The largest absolute Gasteiger partial charge is 0.397 e. The van der Waals surface area contributed by atoms with Crippen molar-refractivity contribution in [1.82, 2.24) is 19.9 Å². The van der Waals surface area contributed by atoms with Crippen molar-refractivity contribution in [3.05, 3.63) is 73.1 Å². The predicted molar refractivity (Wildman–Crippen MR) is 161 cm³/mol. The molecule has 1 aliphatic heterocycles. The Morgan fingerprint density at radius 3 is 2.41 bits per heavy atom. The first kappa shape index (κ1) is 32.5. The van der Waals surface area contributed by atoms with Crippen LogP contribution in [0.3, 0.4) is 0 Å². The lowest BCUT2D eigenvalue weighted by Gasteiger charge is -2.25. The van der Waals surface area contributed by atoms with E-state index in [0.717, 1.165) is 49.1 Å². The summed E-state index contributed by atoms with van der Waals surface area (Å²) in [5, 5.41) is 9.68. The minimum absolute atomic E-state index is 0. The highest BCUT2D eigenvalue weighted by Gasteiger charge is 2.12. The summed E-state index contributed by atoms with van der Waals surface area (Å²) in [5.41, 5.74) is 10.0. The van der Waals surface area contributed by atoms with Gasteiger partial charge in [-0.2, -0.15) is 0 Å². The molecule has 9 nitrogen and oxygen atoms in total. The number of allylic oxidation sites excluding steroid dienone is 1. The molecule has 39 heavy (non-hydrogen) atoms. The number of carbonyl (C=O) groups is 2. The molecule has 9 heteroatoms. The Morgan fingerprint density at radius 1 is 1.15 bits per heavy atom. The van der Waals surface area contributed by atoms with Gasteiger partial charge >= 0.3 is 0 Å². The zero-order chi connectivity index (χ0) is 27.8. The van der Waals surface area contributed by atoms with Crippen LogP contribution in [0.5, 0.6) is 0 Å². The fraction of sp³-hybridized carbons (Fsp3) is 0.300. The fourth-order valence-electron chi connectivity index (χ4n) is 3.56. The number of amides is 2. The highest BCUT2D eigenvalue weighted by Crippen LogP contribution is 2.23. The molecule has 2 amide bonds. The van der Waals surface area contributed by atoms with Crippen molar-refractivity contribution in [1.29, 1.82) is 5.41 Å². The molecule has 1 saturated heterocycles. The maximum absolute atomic E-state index is 11.0. The molecule has 1 aliphatic rings. The number of nitrogens with two attached hydrogens (primary N) is 1. The molecule has 0 unspecified atom stereocenters. The van der Waals surface area contributed by atoms with Crippen LogP contribution in [-0.2, 0) is 9.59 Å². The summed E-state index contributed by atoms with van der Waals surface area (Å²) in [4.78, 5) is 35.3. The van der Waals surface area contributed by atoms with Crippen LogP contribution in [0.25, 0.3) is 28.5 Å². The minimum Gasteiger partial charge on any atom is -0.397 e. The predicted octanol–water partition coefficient (Wildman–Crippen LogP) is 5.89. The molecule has 2 aromatic heterocycles. The third-order valence-electron chi connectivity index (χ3n) is 5.39. The second-order valence-corrected chi connectivity index (χ2v) is 8.48. The van der Waals surface area contributed by atoms with Gasteiger partial charge in [-0.3, -0.25) is 9.59 Å². The molecule has 1 fully saturated rings. The van der Waals surface area contributed by atoms with Gasteiger partial charge in [0.05, 0.1) is 23.3 Å². The van der Waals surface area contributed by atoms with E-state index in [4.69, 9.17) is 11.1 Å². The minimum atomic E-state index is 0. The fourth-order valence-corrected chi connectivity index (χ4v) is 3.56. The highest BCUT2D eigenvalue weighted by atomic mass is 16.2. The van der Waals surface area contributed by atoms with Gasteiger partial charge in [0.1, 0.15) is 5.69 Å². The zero-order valence-electron chi connectivity index (χ0n) is 22.1. The Bertz CT molecular complexity index is 1210. The lowest BCUT2D eigenvalue weighted by atomic mass is 10.1. The summed E-state index contributed by atoms with van der Waals surface area (Å²) in [6.45, 7) is 9.54. The molecule has 208 valence electrons. The molecule has 0 bridgehead atoms. The highest BCUT2D eigenvalue weighted by molar-refractivity contribution is 5.87. The van der Waals surface area contributed by atoms with Gasteiger partial charge in [-0.25, -0.2) is 9.97 Å². The number of benzene rings is 1. The standard InChI is InChI=1S/C18H16N6O.C8H13NO.C3H8.CH4/c19-9-8-14(20)15-2-1-3-16(23-15)18-21-10-17(24-18)12-4-6-13(7-5-12)22-11-25;1-2-8(10)9-6-4-3-5-7-9;1-3-2;/h1-11,19H,20H2,(H,21,24)(H,22,25);2H,1,3-7H2;3H2,1-2H3;1H4/b14-8-,19-9?;;;. The molecule has 0 radical (unpaired) electrons. The van der Waals surface area contributed by atoms with Gasteiger partial charge in [-0.15, -0.1) is 0 Å². The van der Waals surface area contributed by atoms with Gasteiger partial charge < -0.3 is 26.3 Å². The van der Waals surface area contributed by atoms with Crippen LogP contribution >= 0.6 is 0 Å². The van der Waals surface area contributed by atoms with Crippen molar-refractivity contribution in [3.8, 4) is 22.8 Å². The number of aromatic nitrogens is 3. The summed E-state index contributed by atoms with van der Waals surface area (Å²) >= 11 is 0. The first-order chi connectivity index (χ1) is 18.5. The van der Waals surface area contributed by atoms with Crippen LogP contribution in [-0.4, -0.2) is 51.5 Å². The van der Waals surface area contributed by atoms with Crippen molar-refractivity contribution in [2.45, 2.75) is 47.0 Å². The lowest BCUT2D eigenvalue weighted by molar-refractivity contribution is -0.126. The zero-order valence-corrected chi connectivity index (χ0v) is 22.1. The average molecular weight is 532 g/mol. The van der Waals surface area contributed by atoms with Crippen molar-refractivity contribution in [2.75, 3.05) is 18.4 Å². The van der Waals surface area contributed by atoms with E-state index in [2.05, 4.69) is 40.7 Å². The van der Waals surface area contributed by atoms with Gasteiger partial charge in [0.2, 0.25) is 12.3 Å². The average Bonchev–Trinajstić information content (AvgIpc) is 3.45. The number of nitrogens with one attached hydrogen (secondary N) is 3. The molecule has 3 aromatic rings. The number of nitrogens with zero attached hydrogens (tertiary/aromatic N) is 3. The number of hydrogen-bond acceptors (Lipinski definition) is 6. The number of pyridine rings is 1. The smallest absolute Gasteiger partial charge is 0.245 e. The summed E-state index contributed by atoms with van der Waals surface area (Å²) in [7, 11) is 0. The molecule has 4 rings (SSSR count). The Hall–Kier alpha value is -4.53. The van der Waals surface area contributed by atoms with E-state index < -0.39 is 0 Å². The van der Waals surface area contributed by atoms with Gasteiger partial charge in [-0.1, -0.05) is 52.5 Å². The van der Waals surface area contributed by atoms with E-state index in [1.54, 1.807) is 12.3 Å². The van der Waals surface area contributed by atoms with Crippen LogP contribution in [0.1, 0.15) is 52.7 Å². The third kappa shape index (κ3) is 10.4. The van der Waals surface area contributed by atoms with Gasteiger partial charge in [0, 0.05) is 25.0 Å². The molecule has 1 aromatic carbocycles. The number of piperidine rings is 1. The van der Waals surface area contributed by atoms with Crippen molar-refractivity contribution in [2.24, 2.45) is 5.73 Å². The number of hydrogen-bond donors (Lipinski definition) is 4. The SMILES string of the molecule is C.C=CC(=O)N1CCCCC1.CCC.N=C/C=C(\N)c1cccc(-c2ncc(-c3ccc(NC=O)cc3)[nH]2)n1.